The summed E-state index contributed by atoms with van der Waals surface area (Å²) in [5, 5.41) is 3.28. The van der Waals surface area contributed by atoms with Crippen LogP contribution in [0.15, 0.2) is 91.0 Å². The van der Waals surface area contributed by atoms with Crippen molar-refractivity contribution in [2.75, 3.05) is 75.5 Å². The number of anilines is 2. The molecule has 8 nitrogen and oxygen atoms in total. The van der Waals surface area contributed by atoms with Gasteiger partial charge < -0.3 is 34.1 Å². The molecule has 5 aliphatic heterocycles. The second-order valence-electron chi connectivity index (χ2n) is 11.9. The van der Waals surface area contributed by atoms with Gasteiger partial charge in [0.2, 0.25) is 0 Å². The molecule has 0 aromatic heterocycles. The van der Waals surface area contributed by atoms with E-state index in [9.17, 15) is 4.79 Å². The van der Waals surface area contributed by atoms with Crippen molar-refractivity contribution < 1.29 is 23.7 Å². The summed E-state index contributed by atoms with van der Waals surface area (Å²) in [5.41, 5.74) is 2.53. The van der Waals surface area contributed by atoms with Crippen LogP contribution in [-0.4, -0.2) is 83.1 Å². The van der Waals surface area contributed by atoms with Crippen LogP contribution in [0.5, 0.6) is 0 Å². The number of nitrogens with zero attached hydrogens (tertiary/aromatic N) is 2. The predicted molar refractivity (Wildman–Crippen MR) is 243 cm³/mol. The number of hydrogen-bond acceptors (Lipinski definition) is 8. The number of halogens is 1. The Bertz CT molecular complexity index is 1260. The number of Topliss-reactive ketones (excluding diaryl/α,β-unsaturated/α-hetero) is 1. The molecule has 0 unspecified atom stereocenters. The first-order valence-corrected chi connectivity index (χ1v) is 21.7. The van der Waals surface area contributed by atoms with Gasteiger partial charge in [0, 0.05) is 92.7 Å². The van der Waals surface area contributed by atoms with Crippen molar-refractivity contribution in [3.8, 4) is 0 Å². The standard InChI is InChI=1S/C13H17NO2.C11H13NO.C7H13NO2.C6H5I.4C2H6.CH4/c1-2-4-12(5-3-1)14-8-6-13(7-9-14)15-10-11-16-13;13-11-6-8-12(9-7-11)10-4-2-1-3-5-10;1-3-8-4-2-7(1)9-5-6-10-7;7-6-4-2-1-3-5-6;4*1-2;/h1-5H,6-11H2;1-5H,6-9H2;8H,1-6H2;1-5H;4*1-2H3;1H4. The molecule has 0 radical (unpaired) electrons. The second kappa shape index (κ2) is 32.5. The molecule has 8 rings (SSSR count). The number of ketones is 1. The first-order chi connectivity index (χ1) is 26.5. The van der Waals surface area contributed by atoms with Crippen LogP contribution in [-0.2, 0) is 23.7 Å². The quantitative estimate of drug-likeness (QED) is 0.255. The molecule has 0 bridgehead atoms. The van der Waals surface area contributed by atoms with Gasteiger partial charge in [0.1, 0.15) is 5.78 Å². The highest BCUT2D eigenvalue weighted by molar-refractivity contribution is 14.1. The Kier molecular flexibility index (Phi) is 31.0. The number of nitrogens with one attached hydrogen (secondary N) is 1. The van der Waals surface area contributed by atoms with Crippen LogP contribution in [0.25, 0.3) is 0 Å². The van der Waals surface area contributed by atoms with E-state index in [1.165, 1.54) is 14.9 Å². The summed E-state index contributed by atoms with van der Waals surface area (Å²) in [6, 6.07) is 31.0. The summed E-state index contributed by atoms with van der Waals surface area (Å²) < 4.78 is 23.8. The third-order valence-electron chi connectivity index (χ3n) is 8.81. The topological polar surface area (TPSA) is 72.5 Å². The van der Waals surface area contributed by atoms with Crippen LogP contribution < -0.4 is 15.1 Å². The number of carbonyl (C=O) groups excluding carboxylic acids is 1. The van der Waals surface area contributed by atoms with E-state index in [1.807, 2.05) is 91.8 Å². The maximum absolute atomic E-state index is 11.0. The minimum absolute atomic E-state index is 0. The van der Waals surface area contributed by atoms with Crippen molar-refractivity contribution in [1.82, 2.24) is 5.32 Å². The monoisotopic (exact) mass is 877 g/mol. The fourth-order valence-electron chi connectivity index (χ4n) is 6.19. The molecule has 0 saturated carbocycles. The molecule has 0 aliphatic carbocycles. The van der Waals surface area contributed by atoms with Crippen molar-refractivity contribution in [3.05, 3.63) is 94.6 Å². The summed E-state index contributed by atoms with van der Waals surface area (Å²) in [5.74, 6) is -0.0523. The van der Waals surface area contributed by atoms with E-state index in [1.54, 1.807) is 0 Å². The zero-order valence-electron chi connectivity index (χ0n) is 34.8. The van der Waals surface area contributed by atoms with Gasteiger partial charge in [0.05, 0.1) is 26.4 Å². The summed E-state index contributed by atoms with van der Waals surface area (Å²) >= 11 is 2.28. The van der Waals surface area contributed by atoms with Crippen LogP contribution in [0.3, 0.4) is 0 Å². The number of piperidine rings is 3. The van der Waals surface area contributed by atoms with Gasteiger partial charge in [-0.1, -0.05) is 117 Å². The number of para-hydroxylation sites is 2. The number of rotatable bonds is 2. The summed E-state index contributed by atoms with van der Waals surface area (Å²) in [4.78, 5) is 15.7. The molecule has 55 heavy (non-hydrogen) atoms. The van der Waals surface area contributed by atoms with Crippen LogP contribution in [0.1, 0.15) is 101 Å². The molecule has 5 fully saturated rings. The number of benzene rings is 3. The maximum Gasteiger partial charge on any atom is 0.171 e. The lowest BCUT2D eigenvalue weighted by molar-refractivity contribution is -0.172. The van der Waals surface area contributed by atoms with Gasteiger partial charge in [-0.2, -0.15) is 0 Å². The normalized spacial score (nSPS) is 18.3. The molecular formula is C46H76IN3O5. The minimum atomic E-state index is -0.259. The van der Waals surface area contributed by atoms with E-state index in [4.69, 9.17) is 18.9 Å². The first kappa shape index (κ1) is 52.5. The van der Waals surface area contributed by atoms with E-state index < -0.39 is 0 Å². The lowest BCUT2D eigenvalue weighted by atomic mass is 10.0. The van der Waals surface area contributed by atoms with Gasteiger partial charge in [-0.05, 0) is 59.0 Å². The maximum atomic E-state index is 11.0. The third-order valence-corrected chi connectivity index (χ3v) is 9.53. The van der Waals surface area contributed by atoms with Crippen molar-refractivity contribution >= 4 is 39.7 Å². The van der Waals surface area contributed by atoms with Crippen molar-refractivity contribution in [2.24, 2.45) is 0 Å². The Labute approximate surface area is 350 Å². The van der Waals surface area contributed by atoms with Crippen LogP contribution in [0.4, 0.5) is 11.4 Å². The lowest BCUT2D eigenvalue weighted by Gasteiger charge is -2.38. The van der Waals surface area contributed by atoms with E-state index in [0.717, 1.165) is 91.4 Å². The Balaban J connectivity index is 0.000000681. The molecule has 2 spiro atoms. The van der Waals surface area contributed by atoms with E-state index in [0.29, 0.717) is 18.6 Å². The SMILES string of the molecule is C.C1CC2(CCN1)OCCO2.CC.CC.CC.CC.Ic1ccccc1.O=C1CCN(c2ccccc2)CC1.c1ccc(N2CCC3(CC2)OCCO3)cc1. The zero-order valence-corrected chi connectivity index (χ0v) is 36.9. The molecule has 3 aromatic rings. The van der Waals surface area contributed by atoms with Gasteiger partial charge >= 0.3 is 0 Å². The Morgan fingerprint density at radius 2 is 0.836 bits per heavy atom. The molecule has 3 aromatic carbocycles. The minimum Gasteiger partial charge on any atom is -0.371 e. The molecule has 5 saturated heterocycles. The molecule has 5 heterocycles. The number of hydrogen-bond donors (Lipinski definition) is 1. The lowest BCUT2D eigenvalue weighted by Crippen LogP contribution is -2.45. The largest absolute Gasteiger partial charge is 0.371 e. The molecule has 9 heteroatoms. The number of ether oxygens (including phenoxy) is 4. The average Bonchev–Trinajstić information content (AvgIpc) is 3.93. The smallest absolute Gasteiger partial charge is 0.171 e. The van der Waals surface area contributed by atoms with Gasteiger partial charge in [-0.25, -0.2) is 0 Å². The van der Waals surface area contributed by atoms with Crippen molar-refractivity contribution in [3.63, 3.8) is 0 Å². The van der Waals surface area contributed by atoms with E-state index >= 15 is 0 Å². The fraction of sp³-hybridized carbons (Fsp3) is 0.587. The molecule has 5 aliphatic rings. The zero-order chi connectivity index (χ0) is 39.9. The highest BCUT2D eigenvalue weighted by Gasteiger charge is 2.40. The first-order valence-electron chi connectivity index (χ1n) is 20.6. The fourth-order valence-corrected chi connectivity index (χ4v) is 6.61. The van der Waals surface area contributed by atoms with Gasteiger partial charge in [-0.15, -0.1) is 0 Å². The third kappa shape index (κ3) is 19.9. The Morgan fingerprint density at radius 3 is 1.18 bits per heavy atom. The second-order valence-corrected chi connectivity index (χ2v) is 13.2. The van der Waals surface area contributed by atoms with Crippen LogP contribution >= 0.6 is 22.6 Å². The highest BCUT2D eigenvalue weighted by atomic mass is 127. The molecule has 312 valence electrons. The average molecular weight is 878 g/mol. The predicted octanol–water partition coefficient (Wildman–Crippen LogP) is 11.0. The van der Waals surface area contributed by atoms with Crippen LogP contribution in [0, 0.1) is 3.57 Å². The summed E-state index contributed by atoms with van der Waals surface area (Å²) in [7, 11) is 0. The molecule has 1 N–H and O–H groups in total. The van der Waals surface area contributed by atoms with Crippen LogP contribution in [0.2, 0.25) is 0 Å². The van der Waals surface area contributed by atoms with Crippen molar-refractivity contribution in [2.45, 2.75) is 113 Å². The van der Waals surface area contributed by atoms with Crippen molar-refractivity contribution in [1.29, 1.82) is 0 Å². The van der Waals surface area contributed by atoms with Gasteiger partial charge in [0.25, 0.3) is 0 Å². The number of carbonyl (C=O) groups is 1. The highest BCUT2D eigenvalue weighted by Crippen LogP contribution is 2.33. The molecule has 0 atom stereocenters. The molecular weight excluding hydrogens is 801 g/mol. The Morgan fingerprint density at radius 1 is 0.509 bits per heavy atom. The summed E-state index contributed by atoms with van der Waals surface area (Å²) in [6.07, 6.45) is 5.37. The summed E-state index contributed by atoms with van der Waals surface area (Å²) in [6.45, 7) is 24.9. The Hall–Kier alpha value is -2.54. The van der Waals surface area contributed by atoms with E-state index in [-0.39, 0.29) is 19.0 Å². The van der Waals surface area contributed by atoms with Gasteiger partial charge in [0.15, 0.2) is 11.6 Å². The molecule has 0 amide bonds. The van der Waals surface area contributed by atoms with E-state index in [2.05, 4.69) is 92.3 Å². The van der Waals surface area contributed by atoms with Gasteiger partial charge in [-0.3, -0.25) is 4.79 Å².